The van der Waals surface area contributed by atoms with Crippen molar-refractivity contribution in [3.05, 3.63) is 0 Å². The lowest BCUT2D eigenvalue weighted by molar-refractivity contribution is -0.142. The quantitative estimate of drug-likeness (QED) is 0.710. The Bertz CT molecular complexity index is 227. The van der Waals surface area contributed by atoms with Gasteiger partial charge in [-0.3, -0.25) is 9.59 Å². The molecule has 88 valence electrons. The van der Waals surface area contributed by atoms with E-state index in [0.717, 1.165) is 11.8 Å². The number of rotatable bonds is 6. The Hall–Kier alpha value is -0.710. The number of hydrogen-bond acceptors (Lipinski definition) is 4. The summed E-state index contributed by atoms with van der Waals surface area (Å²) >= 11 is 1.13. The predicted octanol–water partition coefficient (Wildman–Crippen LogP) is 1.78. The molecule has 1 N–H and O–H groups in total. The summed E-state index contributed by atoms with van der Waals surface area (Å²) in [5, 5.41) is 7.93. The fraction of sp³-hybridized carbons (Fsp3) is 0.800. The maximum atomic E-state index is 11.3. The van der Waals surface area contributed by atoms with E-state index >= 15 is 0 Å². The highest BCUT2D eigenvalue weighted by atomic mass is 32.2. The standard InChI is InChI=1S/C10H18O4S/c1-5-14-10(13)7(4)15-8(6(2)3)9(11)12/h6-8H,5H2,1-4H3,(H,11,12). The van der Waals surface area contributed by atoms with Gasteiger partial charge in [-0.1, -0.05) is 13.8 Å². The van der Waals surface area contributed by atoms with Crippen LogP contribution in [0.15, 0.2) is 0 Å². The zero-order valence-corrected chi connectivity index (χ0v) is 10.3. The second kappa shape index (κ2) is 6.71. The minimum absolute atomic E-state index is 0.00984. The molecule has 0 radical (unpaired) electrons. The lowest BCUT2D eigenvalue weighted by Crippen LogP contribution is -2.28. The zero-order chi connectivity index (χ0) is 12.0. The second-order valence-corrected chi connectivity index (χ2v) is 5.02. The topological polar surface area (TPSA) is 63.6 Å². The van der Waals surface area contributed by atoms with E-state index in [-0.39, 0.29) is 11.9 Å². The largest absolute Gasteiger partial charge is 0.480 e. The van der Waals surface area contributed by atoms with Gasteiger partial charge in [-0.25, -0.2) is 0 Å². The third-order valence-corrected chi connectivity index (χ3v) is 3.46. The second-order valence-electron chi connectivity index (χ2n) is 3.53. The average Bonchev–Trinajstić information content (AvgIpc) is 2.12. The van der Waals surface area contributed by atoms with Crippen LogP contribution in [-0.2, 0) is 14.3 Å². The van der Waals surface area contributed by atoms with E-state index in [1.807, 2.05) is 13.8 Å². The summed E-state index contributed by atoms with van der Waals surface area (Å²) in [4.78, 5) is 22.2. The van der Waals surface area contributed by atoms with E-state index in [4.69, 9.17) is 9.84 Å². The van der Waals surface area contributed by atoms with E-state index in [2.05, 4.69) is 0 Å². The summed E-state index contributed by atoms with van der Waals surface area (Å²) in [6.07, 6.45) is 0. The molecule has 0 spiro atoms. The molecular formula is C10H18O4S. The molecule has 4 nitrogen and oxygen atoms in total. The number of carbonyl (C=O) groups excluding carboxylic acids is 1. The summed E-state index contributed by atoms with van der Waals surface area (Å²) in [6.45, 7) is 7.36. The van der Waals surface area contributed by atoms with Crippen molar-refractivity contribution in [3.63, 3.8) is 0 Å². The molecule has 15 heavy (non-hydrogen) atoms. The van der Waals surface area contributed by atoms with Gasteiger partial charge in [-0.2, -0.15) is 0 Å². The van der Waals surface area contributed by atoms with Crippen LogP contribution in [0.4, 0.5) is 0 Å². The molecule has 0 heterocycles. The highest BCUT2D eigenvalue weighted by molar-refractivity contribution is 8.01. The minimum atomic E-state index is -0.883. The van der Waals surface area contributed by atoms with Gasteiger partial charge in [-0.15, -0.1) is 11.8 Å². The third kappa shape index (κ3) is 5.06. The summed E-state index contributed by atoms with van der Waals surface area (Å²) in [6, 6.07) is 0. The van der Waals surface area contributed by atoms with Gasteiger partial charge in [0.05, 0.1) is 6.61 Å². The van der Waals surface area contributed by atoms with E-state index < -0.39 is 16.5 Å². The molecular weight excluding hydrogens is 216 g/mol. The Morgan fingerprint density at radius 1 is 1.33 bits per heavy atom. The molecule has 0 saturated heterocycles. The first kappa shape index (κ1) is 14.3. The number of aliphatic carboxylic acids is 1. The lowest BCUT2D eigenvalue weighted by atomic mass is 10.1. The number of thioether (sulfide) groups is 1. The van der Waals surface area contributed by atoms with Crippen LogP contribution in [0.3, 0.4) is 0 Å². The molecule has 0 fully saturated rings. The van der Waals surface area contributed by atoms with Crippen LogP contribution in [0, 0.1) is 5.92 Å². The molecule has 2 unspecified atom stereocenters. The summed E-state index contributed by atoms with van der Waals surface area (Å²) < 4.78 is 4.81. The smallest absolute Gasteiger partial charge is 0.318 e. The third-order valence-electron chi connectivity index (χ3n) is 1.82. The van der Waals surface area contributed by atoms with Crippen molar-refractivity contribution in [3.8, 4) is 0 Å². The van der Waals surface area contributed by atoms with Crippen LogP contribution in [0.2, 0.25) is 0 Å². The van der Waals surface area contributed by atoms with Crippen molar-refractivity contribution < 1.29 is 19.4 Å². The Balaban J connectivity index is 4.28. The molecule has 0 bridgehead atoms. The SMILES string of the molecule is CCOC(=O)C(C)SC(C(=O)O)C(C)C. The van der Waals surface area contributed by atoms with Crippen molar-refractivity contribution in [1.82, 2.24) is 0 Å². The van der Waals surface area contributed by atoms with Crippen molar-refractivity contribution in [2.75, 3.05) is 6.61 Å². The Morgan fingerprint density at radius 3 is 2.20 bits per heavy atom. The van der Waals surface area contributed by atoms with Gasteiger partial charge >= 0.3 is 11.9 Å². The number of carboxylic acid groups (broad SMARTS) is 1. The van der Waals surface area contributed by atoms with Gasteiger partial charge in [0.25, 0.3) is 0 Å². The monoisotopic (exact) mass is 234 g/mol. The van der Waals surface area contributed by atoms with Crippen molar-refractivity contribution in [1.29, 1.82) is 0 Å². The summed E-state index contributed by atoms with van der Waals surface area (Å²) in [5.41, 5.74) is 0. The van der Waals surface area contributed by atoms with Crippen molar-refractivity contribution in [2.24, 2.45) is 5.92 Å². The fourth-order valence-corrected chi connectivity index (χ4v) is 2.09. The van der Waals surface area contributed by atoms with Gasteiger partial charge < -0.3 is 9.84 Å². The van der Waals surface area contributed by atoms with Gasteiger partial charge in [0.1, 0.15) is 10.5 Å². The molecule has 0 aliphatic heterocycles. The molecule has 0 aliphatic carbocycles. The lowest BCUT2D eigenvalue weighted by Gasteiger charge is -2.19. The van der Waals surface area contributed by atoms with Crippen LogP contribution >= 0.6 is 11.8 Å². The maximum absolute atomic E-state index is 11.3. The van der Waals surface area contributed by atoms with E-state index in [9.17, 15) is 9.59 Å². The van der Waals surface area contributed by atoms with Gasteiger partial charge in [0.2, 0.25) is 0 Å². The predicted molar refractivity (Wildman–Crippen MR) is 59.9 cm³/mol. The van der Waals surface area contributed by atoms with Crippen LogP contribution in [-0.4, -0.2) is 34.2 Å². The molecule has 5 heteroatoms. The molecule has 0 aliphatic rings. The van der Waals surface area contributed by atoms with Crippen LogP contribution < -0.4 is 0 Å². The Morgan fingerprint density at radius 2 is 1.87 bits per heavy atom. The minimum Gasteiger partial charge on any atom is -0.480 e. The maximum Gasteiger partial charge on any atom is 0.318 e. The number of hydrogen-bond donors (Lipinski definition) is 1. The molecule has 0 rings (SSSR count). The first-order chi connectivity index (χ1) is 6.90. The molecule has 2 atom stereocenters. The highest BCUT2D eigenvalue weighted by Gasteiger charge is 2.27. The Kier molecular flexibility index (Phi) is 6.40. The van der Waals surface area contributed by atoms with Gasteiger partial charge in [0.15, 0.2) is 0 Å². The summed E-state index contributed by atoms with van der Waals surface area (Å²) in [5.74, 6) is -1.25. The molecule has 0 saturated carbocycles. The molecule has 0 aromatic heterocycles. The number of carbonyl (C=O) groups is 2. The van der Waals surface area contributed by atoms with Crippen LogP contribution in [0.25, 0.3) is 0 Å². The van der Waals surface area contributed by atoms with E-state index in [0.29, 0.717) is 6.61 Å². The van der Waals surface area contributed by atoms with Crippen LogP contribution in [0.5, 0.6) is 0 Å². The molecule has 0 aromatic rings. The van der Waals surface area contributed by atoms with Crippen molar-refractivity contribution in [2.45, 2.75) is 38.2 Å². The van der Waals surface area contributed by atoms with Crippen LogP contribution in [0.1, 0.15) is 27.7 Å². The number of carboxylic acids is 1. The Labute approximate surface area is 94.4 Å². The number of esters is 1. The van der Waals surface area contributed by atoms with Gasteiger partial charge in [0, 0.05) is 0 Å². The van der Waals surface area contributed by atoms with E-state index in [1.54, 1.807) is 13.8 Å². The summed E-state index contributed by atoms with van der Waals surface area (Å²) in [7, 11) is 0. The van der Waals surface area contributed by atoms with Gasteiger partial charge in [-0.05, 0) is 19.8 Å². The number of ether oxygens (including phenoxy) is 1. The van der Waals surface area contributed by atoms with Crippen molar-refractivity contribution >= 4 is 23.7 Å². The first-order valence-corrected chi connectivity index (χ1v) is 5.89. The molecule has 0 aromatic carbocycles. The molecule has 0 amide bonds. The fourth-order valence-electron chi connectivity index (χ4n) is 1.04. The zero-order valence-electron chi connectivity index (χ0n) is 9.52. The first-order valence-electron chi connectivity index (χ1n) is 4.95. The normalized spacial score (nSPS) is 14.7. The van der Waals surface area contributed by atoms with E-state index in [1.165, 1.54) is 0 Å². The average molecular weight is 234 g/mol. The highest BCUT2D eigenvalue weighted by Crippen LogP contribution is 2.25.